The fourth-order valence-corrected chi connectivity index (χ4v) is 4.67. The first-order chi connectivity index (χ1) is 16.7. The summed E-state index contributed by atoms with van der Waals surface area (Å²) >= 11 is 1.40. The zero-order valence-corrected chi connectivity index (χ0v) is 19.5. The molecule has 0 spiro atoms. The number of ether oxygens (including phenoxy) is 1. The van der Waals surface area contributed by atoms with Crippen LogP contribution < -0.4 is 4.74 Å². The smallest absolute Gasteiger partial charge is 0.267 e. The van der Waals surface area contributed by atoms with Gasteiger partial charge in [0, 0.05) is 18.1 Å². The molecule has 0 atom stereocenters. The summed E-state index contributed by atoms with van der Waals surface area (Å²) in [5.74, 6) is 0.732. The second-order valence-corrected chi connectivity index (χ2v) is 8.78. The molecule has 1 fully saturated rings. The van der Waals surface area contributed by atoms with Crippen LogP contribution in [0.1, 0.15) is 11.1 Å². The maximum absolute atomic E-state index is 13.4. The standard InChI is InChI=1S/C28H23N3O2S/c1-33-25-14-12-21(13-15-25)20-31-27(32)26(34-28(31)29-23-8-4-2-5-9-23)18-22-16-17-30(19-22)24-10-6-3-7-11-24/h2-19H,20H2,1H3/b26-18+,29-28?. The lowest BCUT2D eigenvalue weighted by Gasteiger charge is -2.16. The normalized spacial score (nSPS) is 15.9. The highest BCUT2D eigenvalue weighted by molar-refractivity contribution is 8.18. The average Bonchev–Trinajstić information content (AvgIpc) is 3.46. The quantitative estimate of drug-likeness (QED) is 0.314. The largest absolute Gasteiger partial charge is 0.497 e. The van der Waals surface area contributed by atoms with E-state index < -0.39 is 0 Å². The Labute approximate surface area is 203 Å². The maximum atomic E-state index is 13.4. The number of thioether (sulfide) groups is 1. The molecule has 168 valence electrons. The zero-order chi connectivity index (χ0) is 23.3. The summed E-state index contributed by atoms with van der Waals surface area (Å²) in [4.78, 5) is 20.6. The van der Waals surface area contributed by atoms with Gasteiger partial charge >= 0.3 is 0 Å². The summed E-state index contributed by atoms with van der Waals surface area (Å²) < 4.78 is 7.30. The molecule has 6 heteroatoms. The van der Waals surface area contributed by atoms with Gasteiger partial charge < -0.3 is 9.30 Å². The Morgan fingerprint density at radius 1 is 0.912 bits per heavy atom. The number of benzene rings is 3. The molecule has 5 rings (SSSR count). The summed E-state index contributed by atoms with van der Waals surface area (Å²) in [6, 6.07) is 29.6. The number of carbonyl (C=O) groups is 1. The van der Waals surface area contributed by atoms with E-state index >= 15 is 0 Å². The van der Waals surface area contributed by atoms with Gasteiger partial charge in [-0.3, -0.25) is 9.69 Å². The highest BCUT2D eigenvalue weighted by Gasteiger charge is 2.33. The molecule has 0 unspecified atom stereocenters. The number of methoxy groups -OCH3 is 1. The van der Waals surface area contributed by atoms with Crippen LogP contribution >= 0.6 is 11.8 Å². The third-order valence-electron chi connectivity index (χ3n) is 5.44. The Kier molecular flexibility index (Phi) is 6.31. The highest BCUT2D eigenvalue weighted by atomic mass is 32.2. The molecule has 0 bridgehead atoms. The Balaban J connectivity index is 1.45. The van der Waals surface area contributed by atoms with Gasteiger partial charge in [-0.1, -0.05) is 48.5 Å². The van der Waals surface area contributed by atoms with Crippen LogP contribution in [-0.4, -0.2) is 27.7 Å². The third-order valence-corrected chi connectivity index (χ3v) is 6.44. The molecule has 1 aromatic heterocycles. The van der Waals surface area contributed by atoms with Crippen molar-refractivity contribution in [3.8, 4) is 11.4 Å². The summed E-state index contributed by atoms with van der Waals surface area (Å²) in [5, 5.41) is 0.667. The number of amides is 1. The maximum Gasteiger partial charge on any atom is 0.267 e. The molecule has 1 aliphatic rings. The predicted molar refractivity (Wildman–Crippen MR) is 138 cm³/mol. The van der Waals surface area contributed by atoms with Gasteiger partial charge in [-0.05, 0) is 71.4 Å². The first-order valence-corrected chi connectivity index (χ1v) is 11.7. The molecule has 0 saturated carbocycles. The first-order valence-electron chi connectivity index (χ1n) is 10.9. The van der Waals surface area contributed by atoms with Crippen molar-refractivity contribution in [2.24, 2.45) is 4.99 Å². The predicted octanol–water partition coefficient (Wildman–Crippen LogP) is 6.29. The van der Waals surface area contributed by atoms with E-state index in [0.717, 1.165) is 28.3 Å². The summed E-state index contributed by atoms with van der Waals surface area (Å²) in [6.45, 7) is 0.434. The van der Waals surface area contributed by atoms with Crippen LogP contribution in [0.5, 0.6) is 5.75 Å². The second-order valence-electron chi connectivity index (χ2n) is 7.77. The van der Waals surface area contributed by atoms with Crippen LogP contribution in [0.3, 0.4) is 0 Å². The lowest BCUT2D eigenvalue weighted by atomic mass is 10.2. The van der Waals surface area contributed by atoms with Crippen LogP contribution in [0.4, 0.5) is 5.69 Å². The van der Waals surface area contributed by atoms with Gasteiger partial charge in [0.25, 0.3) is 5.91 Å². The van der Waals surface area contributed by atoms with E-state index in [1.54, 1.807) is 12.0 Å². The molecular weight excluding hydrogens is 442 g/mol. The van der Waals surface area contributed by atoms with Crippen molar-refractivity contribution >= 4 is 34.6 Å². The molecule has 34 heavy (non-hydrogen) atoms. The van der Waals surface area contributed by atoms with E-state index in [2.05, 4.69) is 0 Å². The van der Waals surface area contributed by atoms with Crippen molar-refractivity contribution in [1.29, 1.82) is 0 Å². The first kappa shape index (κ1) is 21.8. The number of aromatic nitrogens is 1. The molecule has 1 amide bonds. The van der Waals surface area contributed by atoms with Crippen molar-refractivity contribution < 1.29 is 9.53 Å². The Morgan fingerprint density at radius 2 is 1.62 bits per heavy atom. The Bertz CT molecular complexity index is 1340. The van der Waals surface area contributed by atoms with E-state index in [-0.39, 0.29) is 5.91 Å². The van der Waals surface area contributed by atoms with E-state index in [0.29, 0.717) is 16.6 Å². The number of rotatable bonds is 6. The molecule has 0 aliphatic carbocycles. The van der Waals surface area contributed by atoms with E-state index in [9.17, 15) is 4.79 Å². The number of para-hydroxylation sites is 2. The molecule has 5 nitrogen and oxygen atoms in total. The molecule has 1 saturated heterocycles. The minimum absolute atomic E-state index is 0.0528. The molecule has 0 radical (unpaired) electrons. The zero-order valence-electron chi connectivity index (χ0n) is 18.7. The van der Waals surface area contributed by atoms with E-state index in [1.807, 2.05) is 114 Å². The fraction of sp³-hybridized carbons (Fsp3) is 0.0714. The third kappa shape index (κ3) is 4.82. The van der Waals surface area contributed by atoms with Gasteiger partial charge in [0.2, 0.25) is 0 Å². The number of carbonyl (C=O) groups excluding carboxylic acids is 1. The van der Waals surface area contributed by atoms with Gasteiger partial charge in [-0.2, -0.15) is 0 Å². The molecule has 2 heterocycles. The van der Waals surface area contributed by atoms with Crippen LogP contribution in [0.2, 0.25) is 0 Å². The number of amidine groups is 1. The van der Waals surface area contributed by atoms with Crippen LogP contribution in [0.25, 0.3) is 11.8 Å². The van der Waals surface area contributed by atoms with Crippen LogP contribution in [-0.2, 0) is 11.3 Å². The Hall–Kier alpha value is -4.03. The monoisotopic (exact) mass is 465 g/mol. The van der Waals surface area contributed by atoms with Gasteiger partial charge in [0.1, 0.15) is 5.75 Å². The lowest BCUT2D eigenvalue weighted by molar-refractivity contribution is -0.122. The molecule has 4 aromatic rings. The number of nitrogens with zero attached hydrogens (tertiary/aromatic N) is 3. The van der Waals surface area contributed by atoms with Crippen molar-refractivity contribution in [2.75, 3.05) is 7.11 Å². The highest BCUT2D eigenvalue weighted by Crippen LogP contribution is 2.35. The van der Waals surface area contributed by atoms with Gasteiger partial charge in [-0.25, -0.2) is 4.99 Å². The minimum atomic E-state index is -0.0528. The topological polar surface area (TPSA) is 46.8 Å². The SMILES string of the molecule is COc1ccc(CN2C(=O)/C(=C\c3ccn(-c4ccccc4)c3)SC2=Nc2ccccc2)cc1. The van der Waals surface area contributed by atoms with Crippen molar-refractivity contribution in [2.45, 2.75) is 6.54 Å². The van der Waals surface area contributed by atoms with Crippen LogP contribution in [0, 0.1) is 0 Å². The van der Waals surface area contributed by atoms with E-state index in [1.165, 1.54) is 11.8 Å². The summed E-state index contributed by atoms with van der Waals surface area (Å²) in [7, 11) is 1.64. The van der Waals surface area contributed by atoms with Gasteiger partial charge in [0.15, 0.2) is 5.17 Å². The number of aliphatic imine (C=N–C) groups is 1. The fourth-order valence-electron chi connectivity index (χ4n) is 3.67. The van der Waals surface area contributed by atoms with Crippen molar-refractivity contribution in [1.82, 2.24) is 9.47 Å². The molecule has 0 N–H and O–H groups in total. The molecule has 1 aliphatic heterocycles. The van der Waals surface area contributed by atoms with Crippen molar-refractivity contribution in [3.05, 3.63) is 119 Å². The lowest BCUT2D eigenvalue weighted by Crippen LogP contribution is -2.28. The van der Waals surface area contributed by atoms with Crippen LogP contribution in [0.15, 0.2) is 113 Å². The minimum Gasteiger partial charge on any atom is -0.497 e. The van der Waals surface area contributed by atoms with E-state index in [4.69, 9.17) is 9.73 Å². The van der Waals surface area contributed by atoms with Gasteiger partial charge in [0.05, 0.1) is 24.2 Å². The van der Waals surface area contributed by atoms with Gasteiger partial charge in [-0.15, -0.1) is 0 Å². The number of hydrogen-bond donors (Lipinski definition) is 0. The molecular formula is C28H23N3O2S. The number of hydrogen-bond acceptors (Lipinski definition) is 4. The average molecular weight is 466 g/mol. The summed E-state index contributed by atoms with van der Waals surface area (Å²) in [5.41, 5.74) is 3.86. The van der Waals surface area contributed by atoms with Crippen molar-refractivity contribution in [3.63, 3.8) is 0 Å². The second kappa shape index (κ2) is 9.85. The summed E-state index contributed by atoms with van der Waals surface area (Å²) in [6.07, 6.45) is 5.96. The molecule has 3 aromatic carbocycles. The Morgan fingerprint density at radius 3 is 2.32 bits per heavy atom.